The molecule has 0 aliphatic carbocycles. The third-order valence-corrected chi connectivity index (χ3v) is 4.35. The van der Waals surface area contributed by atoms with E-state index in [9.17, 15) is 0 Å². The molecule has 1 fully saturated rings. The SMILES string of the molecule is CN1CC(I)N(C)[C@H](I)C1. The second kappa shape index (κ2) is 3.86. The maximum Gasteiger partial charge on any atom is 0.0753 e. The molecule has 1 unspecified atom stereocenters. The Morgan fingerprint density at radius 2 is 1.50 bits per heavy atom. The Morgan fingerprint density at radius 3 is 1.90 bits per heavy atom. The van der Waals surface area contributed by atoms with Crippen LogP contribution in [-0.4, -0.2) is 45.1 Å². The molecular weight excluding hydrogens is 354 g/mol. The van der Waals surface area contributed by atoms with Crippen molar-refractivity contribution in [3.63, 3.8) is 0 Å². The van der Waals surface area contributed by atoms with E-state index in [0.717, 1.165) is 0 Å². The van der Waals surface area contributed by atoms with Gasteiger partial charge < -0.3 is 4.90 Å². The van der Waals surface area contributed by atoms with Gasteiger partial charge in [-0.25, -0.2) is 0 Å². The minimum atomic E-state index is 0.679. The van der Waals surface area contributed by atoms with Gasteiger partial charge in [-0.3, -0.25) is 4.90 Å². The molecule has 60 valence electrons. The molecule has 2 atom stereocenters. The highest BCUT2D eigenvalue weighted by Crippen LogP contribution is 2.20. The Balaban J connectivity index is 2.49. The van der Waals surface area contributed by atoms with Crippen molar-refractivity contribution in [1.82, 2.24) is 9.80 Å². The summed E-state index contributed by atoms with van der Waals surface area (Å²) in [7, 11) is 4.38. The standard InChI is InChI=1S/C6H12I2N2/c1-9-3-5(7)10(2)6(8)4-9/h5-6H,3-4H2,1-2H3/t5-,6?/m0/s1. The van der Waals surface area contributed by atoms with Gasteiger partial charge in [0.25, 0.3) is 0 Å². The second-order valence-corrected chi connectivity index (χ2v) is 5.63. The van der Waals surface area contributed by atoms with Gasteiger partial charge in [-0.1, -0.05) is 45.2 Å². The van der Waals surface area contributed by atoms with Crippen molar-refractivity contribution in [2.75, 3.05) is 27.2 Å². The molecule has 10 heavy (non-hydrogen) atoms. The quantitative estimate of drug-likeness (QED) is 0.363. The summed E-state index contributed by atoms with van der Waals surface area (Å²) in [4.78, 5) is 4.80. The van der Waals surface area contributed by atoms with Crippen LogP contribution in [0.25, 0.3) is 0 Å². The van der Waals surface area contributed by atoms with E-state index in [2.05, 4.69) is 69.1 Å². The van der Waals surface area contributed by atoms with Crippen LogP contribution in [0, 0.1) is 0 Å². The Bertz CT molecular complexity index is 108. The Morgan fingerprint density at radius 1 is 1.10 bits per heavy atom. The van der Waals surface area contributed by atoms with Crippen LogP contribution in [0.15, 0.2) is 0 Å². The van der Waals surface area contributed by atoms with Crippen molar-refractivity contribution in [2.24, 2.45) is 0 Å². The molecule has 0 aromatic heterocycles. The first-order chi connectivity index (χ1) is 4.61. The zero-order valence-corrected chi connectivity index (χ0v) is 10.5. The molecule has 0 aromatic rings. The molecule has 0 radical (unpaired) electrons. The highest BCUT2D eigenvalue weighted by Gasteiger charge is 2.25. The van der Waals surface area contributed by atoms with Gasteiger partial charge in [-0.05, 0) is 14.1 Å². The molecule has 0 saturated carbocycles. The van der Waals surface area contributed by atoms with Crippen molar-refractivity contribution in [2.45, 2.75) is 8.10 Å². The van der Waals surface area contributed by atoms with Crippen molar-refractivity contribution in [3.05, 3.63) is 0 Å². The largest absolute Gasteiger partial charge is 0.302 e. The average molecular weight is 366 g/mol. The van der Waals surface area contributed by atoms with E-state index in [-0.39, 0.29) is 0 Å². The number of likely N-dealkylation sites (N-methyl/N-ethyl adjacent to an activating group) is 2. The summed E-state index contributed by atoms with van der Waals surface area (Å²) < 4.78 is 1.36. The number of rotatable bonds is 0. The number of nitrogens with zero attached hydrogens (tertiary/aromatic N) is 2. The van der Waals surface area contributed by atoms with E-state index in [0.29, 0.717) is 8.10 Å². The molecule has 1 saturated heterocycles. The first-order valence-electron chi connectivity index (χ1n) is 3.30. The smallest absolute Gasteiger partial charge is 0.0753 e. The van der Waals surface area contributed by atoms with Crippen molar-refractivity contribution in [1.29, 1.82) is 0 Å². The molecule has 1 aliphatic rings. The van der Waals surface area contributed by atoms with Gasteiger partial charge in [0.1, 0.15) is 0 Å². The highest BCUT2D eigenvalue weighted by atomic mass is 127. The molecule has 0 N–H and O–H groups in total. The number of piperazine rings is 1. The molecule has 2 nitrogen and oxygen atoms in total. The second-order valence-electron chi connectivity index (χ2n) is 2.76. The fraction of sp³-hybridized carbons (Fsp3) is 1.00. The van der Waals surface area contributed by atoms with Crippen LogP contribution >= 0.6 is 45.2 Å². The third kappa shape index (κ3) is 2.18. The Kier molecular flexibility index (Phi) is 3.66. The summed E-state index contributed by atoms with van der Waals surface area (Å²) in [5.41, 5.74) is 0. The highest BCUT2D eigenvalue weighted by molar-refractivity contribution is 14.1. The van der Waals surface area contributed by atoms with Crippen molar-refractivity contribution >= 4 is 45.2 Å². The minimum absolute atomic E-state index is 0.679. The van der Waals surface area contributed by atoms with Crippen LogP contribution in [0.1, 0.15) is 0 Å². The predicted octanol–water partition coefficient (Wildman–Crippen LogP) is 1.39. The minimum Gasteiger partial charge on any atom is -0.302 e. The van der Waals surface area contributed by atoms with Gasteiger partial charge in [0.05, 0.1) is 8.10 Å². The molecule has 1 rings (SSSR count). The van der Waals surface area contributed by atoms with Gasteiger partial charge in [-0.2, -0.15) is 0 Å². The summed E-state index contributed by atoms with van der Waals surface area (Å²) in [6, 6.07) is 0. The van der Waals surface area contributed by atoms with Crippen LogP contribution in [0.2, 0.25) is 0 Å². The van der Waals surface area contributed by atoms with E-state index in [4.69, 9.17) is 0 Å². The van der Waals surface area contributed by atoms with Gasteiger partial charge >= 0.3 is 0 Å². The fourth-order valence-electron chi connectivity index (χ4n) is 1.02. The predicted molar refractivity (Wildman–Crippen MR) is 60.9 cm³/mol. The molecule has 1 aliphatic heterocycles. The summed E-state index contributed by atoms with van der Waals surface area (Å²) in [6.07, 6.45) is 0. The van der Waals surface area contributed by atoms with Crippen molar-refractivity contribution < 1.29 is 0 Å². The summed E-state index contributed by atoms with van der Waals surface area (Å²) in [6.45, 7) is 2.38. The van der Waals surface area contributed by atoms with Crippen LogP contribution in [-0.2, 0) is 0 Å². The zero-order valence-electron chi connectivity index (χ0n) is 6.22. The maximum atomic E-state index is 2.49. The Labute approximate surface area is 89.6 Å². The van der Waals surface area contributed by atoms with Gasteiger partial charge in [-0.15, -0.1) is 0 Å². The molecule has 0 bridgehead atoms. The Hall–Kier alpha value is 1.38. The average Bonchev–Trinajstić information content (AvgIpc) is 1.82. The van der Waals surface area contributed by atoms with Crippen LogP contribution < -0.4 is 0 Å². The monoisotopic (exact) mass is 366 g/mol. The van der Waals surface area contributed by atoms with E-state index in [1.165, 1.54) is 13.1 Å². The van der Waals surface area contributed by atoms with E-state index in [1.54, 1.807) is 0 Å². The number of halogens is 2. The number of hydrogen-bond acceptors (Lipinski definition) is 2. The number of hydrogen-bond donors (Lipinski definition) is 0. The summed E-state index contributed by atoms with van der Waals surface area (Å²) in [5.74, 6) is 0. The van der Waals surface area contributed by atoms with E-state index < -0.39 is 0 Å². The topological polar surface area (TPSA) is 6.48 Å². The van der Waals surface area contributed by atoms with Gasteiger partial charge in [0.15, 0.2) is 0 Å². The lowest BCUT2D eigenvalue weighted by Crippen LogP contribution is -2.50. The first kappa shape index (κ1) is 9.47. The molecule has 1 heterocycles. The lowest BCUT2D eigenvalue weighted by molar-refractivity contribution is 0.160. The molecular formula is C6H12I2N2. The molecule has 0 spiro atoms. The van der Waals surface area contributed by atoms with Gasteiger partial charge in [0, 0.05) is 13.1 Å². The lowest BCUT2D eigenvalue weighted by Gasteiger charge is -2.38. The van der Waals surface area contributed by atoms with Crippen molar-refractivity contribution in [3.8, 4) is 0 Å². The molecule has 4 heteroatoms. The fourth-order valence-corrected chi connectivity index (χ4v) is 3.76. The number of alkyl halides is 2. The zero-order chi connectivity index (χ0) is 7.72. The summed E-state index contributed by atoms with van der Waals surface area (Å²) in [5, 5.41) is 0. The first-order valence-corrected chi connectivity index (χ1v) is 5.79. The van der Waals surface area contributed by atoms with E-state index in [1.807, 2.05) is 0 Å². The molecule has 0 aromatic carbocycles. The lowest BCUT2D eigenvalue weighted by atomic mass is 10.4. The van der Waals surface area contributed by atoms with E-state index >= 15 is 0 Å². The van der Waals surface area contributed by atoms with Crippen LogP contribution in [0.5, 0.6) is 0 Å². The maximum absolute atomic E-state index is 2.49. The summed E-state index contributed by atoms with van der Waals surface area (Å²) >= 11 is 4.99. The van der Waals surface area contributed by atoms with Crippen LogP contribution in [0.3, 0.4) is 0 Å². The molecule has 0 amide bonds. The normalized spacial score (nSPS) is 38.4. The van der Waals surface area contributed by atoms with Crippen LogP contribution in [0.4, 0.5) is 0 Å². The third-order valence-electron chi connectivity index (χ3n) is 1.81. The van der Waals surface area contributed by atoms with Gasteiger partial charge in [0.2, 0.25) is 0 Å².